The number of rotatable bonds is 17. The van der Waals surface area contributed by atoms with E-state index >= 15 is 0 Å². The summed E-state index contributed by atoms with van der Waals surface area (Å²) in [5.74, 6) is -3.97. The zero-order valence-electron chi connectivity index (χ0n) is 17.3. The number of ether oxygens (including phenoxy) is 3. The molecule has 33 heavy (non-hydrogen) atoms. The summed E-state index contributed by atoms with van der Waals surface area (Å²) in [5, 5.41) is 65.9. The molecule has 1 rings (SSSR count). The molecule has 0 amide bonds. The third-order valence-corrected chi connectivity index (χ3v) is 4.08. The topological polar surface area (TPSA) is 246 Å². The summed E-state index contributed by atoms with van der Waals surface area (Å²) in [6, 6.07) is 0. The lowest BCUT2D eigenvalue weighted by Gasteiger charge is -2.26. The Kier molecular flexibility index (Phi) is 12.3. The largest absolute Gasteiger partial charge is 0.480 e. The van der Waals surface area contributed by atoms with E-state index in [-0.39, 0.29) is 17.8 Å². The van der Waals surface area contributed by atoms with Crippen molar-refractivity contribution in [1.82, 2.24) is 9.97 Å². The molecule has 0 bridgehead atoms. The third-order valence-electron chi connectivity index (χ3n) is 4.08. The van der Waals surface area contributed by atoms with Gasteiger partial charge in [0, 0.05) is 12.6 Å². The average molecular weight is 478 g/mol. The van der Waals surface area contributed by atoms with Crippen LogP contribution in [0.1, 0.15) is 17.5 Å². The van der Waals surface area contributed by atoms with Gasteiger partial charge in [0.15, 0.2) is 0 Å². The number of aliphatic carboxylic acids is 3. The van der Waals surface area contributed by atoms with Crippen LogP contribution in [0.25, 0.3) is 0 Å². The minimum Gasteiger partial charge on any atom is -0.480 e. The fourth-order valence-corrected chi connectivity index (χ4v) is 2.54. The summed E-state index contributed by atoms with van der Waals surface area (Å²) in [4.78, 5) is 39.8. The first kappa shape index (κ1) is 28.2. The van der Waals surface area contributed by atoms with E-state index in [0.29, 0.717) is 0 Å². The van der Waals surface area contributed by atoms with Gasteiger partial charge in [-0.05, 0) is 0 Å². The van der Waals surface area contributed by atoms with Gasteiger partial charge < -0.3 is 50.0 Å². The van der Waals surface area contributed by atoms with Gasteiger partial charge in [-0.1, -0.05) is 0 Å². The van der Waals surface area contributed by atoms with Crippen LogP contribution >= 0.6 is 0 Å². The number of hydrogen-bond donors (Lipinski definition) is 7. The Morgan fingerprint density at radius 2 is 1.45 bits per heavy atom. The highest BCUT2D eigenvalue weighted by Gasteiger charge is 2.31. The van der Waals surface area contributed by atoms with Gasteiger partial charge in [-0.15, -0.1) is 0 Å². The van der Waals surface area contributed by atoms with Crippen molar-refractivity contribution in [3.05, 3.63) is 23.8 Å². The second kappa shape index (κ2) is 14.4. The highest BCUT2D eigenvalue weighted by Crippen LogP contribution is 2.20. The Labute approximate surface area is 186 Å². The number of aliphatic hydroxyl groups excluding tert-OH is 4. The van der Waals surface area contributed by atoms with Crippen LogP contribution in [0, 0.1) is 0 Å². The van der Waals surface area contributed by atoms with Crippen LogP contribution in [-0.4, -0.2) is 121 Å². The highest BCUT2D eigenvalue weighted by atomic mass is 16.5. The zero-order chi connectivity index (χ0) is 25.0. The molecule has 15 nitrogen and oxygen atoms in total. The summed E-state index contributed by atoms with van der Waals surface area (Å²) in [6.07, 6.45) is -5.32. The van der Waals surface area contributed by atoms with Crippen molar-refractivity contribution in [3.63, 3.8) is 0 Å². The number of carboxylic acid groups (broad SMARTS) is 3. The van der Waals surface area contributed by atoms with Crippen LogP contribution in [0.3, 0.4) is 0 Å². The molecule has 0 aliphatic carbocycles. The van der Waals surface area contributed by atoms with E-state index in [2.05, 4.69) is 9.97 Å². The Morgan fingerprint density at radius 1 is 0.848 bits per heavy atom. The molecule has 0 spiro atoms. The third kappa shape index (κ3) is 10.6. The lowest BCUT2D eigenvalue weighted by atomic mass is 10.1. The summed E-state index contributed by atoms with van der Waals surface area (Å²) < 4.78 is 14.6. The summed E-state index contributed by atoms with van der Waals surface area (Å²) in [7, 11) is 0. The molecule has 0 fully saturated rings. The molecule has 1 aromatic rings. The van der Waals surface area contributed by atoms with E-state index in [0.717, 1.165) is 12.4 Å². The maximum Gasteiger partial charge on any atom is 0.329 e. The van der Waals surface area contributed by atoms with Crippen molar-refractivity contribution >= 4 is 17.9 Å². The molecule has 0 aliphatic rings. The minimum absolute atomic E-state index is 0.137. The first-order chi connectivity index (χ1) is 15.5. The Balaban J connectivity index is 2.84. The molecule has 0 saturated carbocycles. The van der Waals surface area contributed by atoms with Crippen LogP contribution in [0.5, 0.6) is 0 Å². The molecule has 0 saturated heterocycles. The quantitative estimate of drug-likeness (QED) is 0.116. The average Bonchev–Trinajstić information content (AvgIpc) is 2.74. The van der Waals surface area contributed by atoms with Crippen LogP contribution in [-0.2, 0) is 35.0 Å². The summed E-state index contributed by atoms with van der Waals surface area (Å²) in [5.41, 5.74) is 0.0471. The van der Waals surface area contributed by atoms with Crippen molar-refractivity contribution < 1.29 is 64.3 Å². The van der Waals surface area contributed by atoms with Crippen molar-refractivity contribution in [3.8, 4) is 0 Å². The molecule has 5 atom stereocenters. The second-order valence-electron chi connectivity index (χ2n) is 6.72. The Bertz CT molecular complexity index is 760. The molecule has 15 heteroatoms. The van der Waals surface area contributed by atoms with Gasteiger partial charge in [0.1, 0.15) is 44.2 Å². The Hall–Kier alpha value is -2.79. The number of carbonyl (C=O) groups is 3. The van der Waals surface area contributed by atoms with Crippen molar-refractivity contribution in [2.24, 2.45) is 0 Å². The van der Waals surface area contributed by atoms with Crippen molar-refractivity contribution in [2.75, 3.05) is 33.0 Å². The molecule has 1 heterocycles. The molecule has 1 unspecified atom stereocenters. The highest BCUT2D eigenvalue weighted by molar-refractivity contribution is 5.68. The maximum atomic E-state index is 10.8. The van der Waals surface area contributed by atoms with Gasteiger partial charge in [-0.25, -0.2) is 14.4 Å². The van der Waals surface area contributed by atoms with Gasteiger partial charge >= 0.3 is 17.9 Å². The molecule has 7 N–H and O–H groups in total. The first-order valence-electron chi connectivity index (χ1n) is 9.47. The van der Waals surface area contributed by atoms with E-state index < -0.39 is 81.5 Å². The normalized spacial score (nSPS) is 15.9. The molecule has 186 valence electrons. The van der Waals surface area contributed by atoms with E-state index in [9.17, 15) is 34.8 Å². The Morgan fingerprint density at radius 3 is 1.97 bits per heavy atom. The number of carboxylic acids is 3. The molecule has 0 aromatic carbocycles. The predicted octanol–water partition coefficient (Wildman–Crippen LogP) is -3.19. The molecular formula is C18H26N2O13. The number of nitrogens with zero attached hydrogens (tertiary/aromatic N) is 2. The van der Waals surface area contributed by atoms with Gasteiger partial charge in [0.05, 0.1) is 36.9 Å². The predicted molar refractivity (Wildman–Crippen MR) is 103 cm³/mol. The van der Waals surface area contributed by atoms with E-state index in [1.165, 1.54) is 0 Å². The lowest BCUT2D eigenvalue weighted by Crippen LogP contribution is -2.40. The van der Waals surface area contributed by atoms with Crippen LogP contribution in [0.2, 0.25) is 0 Å². The zero-order valence-corrected chi connectivity index (χ0v) is 17.3. The monoisotopic (exact) mass is 478 g/mol. The van der Waals surface area contributed by atoms with Crippen LogP contribution in [0.15, 0.2) is 12.4 Å². The van der Waals surface area contributed by atoms with Gasteiger partial charge in [0.25, 0.3) is 0 Å². The lowest BCUT2D eigenvalue weighted by molar-refractivity contribution is -0.159. The van der Waals surface area contributed by atoms with E-state index in [1.54, 1.807) is 0 Å². The SMILES string of the molecule is O=C(O)COC[C@H](O)[C@H](OCC(=O)O)C(O)c1cnc(C[C@H](O)[C@@H](CO)OCC(=O)O)cn1. The van der Waals surface area contributed by atoms with E-state index in [1.807, 2.05) is 0 Å². The fourth-order valence-electron chi connectivity index (χ4n) is 2.54. The molecular weight excluding hydrogens is 452 g/mol. The maximum absolute atomic E-state index is 10.8. The number of aromatic nitrogens is 2. The number of aliphatic hydroxyl groups is 4. The fraction of sp³-hybridized carbons (Fsp3) is 0.611. The standard InChI is InChI=1S/C18H26N2O13/c21-4-13(32-7-15(26)27)11(22)1-9-2-20-10(3-19-9)17(30)18(33-8-16(28)29)12(23)5-31-6-14(24)25/h2-3,11-13,17-18,21-23,30H,1,4-8H2,(H,24,25)(H,26,27)(H,28,29)/t11-,12-,13+,17?,18-/m0/s1. The second-order valence-corrected chi connectivity index (χ2v) is 6.72. The minimum atomic E-state index is -1.68. The van der Waals surface area contributed by atoms with Gasteiger partial charge in [0.2, 0.25) is 0 Å². The number of hydrogen-bond acceptors (Lipinski definition) is 12. The van der Waals surface area contributed by atoms with Crippen molar-refractivity contribution in [2.45, 2.75) is 36.9 Å². The summed E-state index contributed by atoms with van der Waals surface area (Å²) in [6.45, 7) is -3.57. The van der Waals surface area contributed by atoms with Gasteiger partial charge in [-0.3, -0.25) is 9.97 Å². The smallest absolute Gasteiger partial charge is 0.329 e. The molecule has 0 aliphatic heterocycles. The van der Waals surface area contributed by atoms with Crippen LogP contribution in [0.4, 0.5) is 0 Å². The first-order valence-corrected chi connectivity index (χ1v) is 9.47. The molecule has 0 radical (unpaired) electrons. The van der Waals surface area contributed by atoms with E-state index in [4.69, 9.17) is 29.5 Å². The van der Waals surface area contributed by atoms with Crippen molar-refractivity contribution in [1.29, 1.82) is 0 Å². The summed E-state index contributed by atoms with van der Waals surface area (Å²) >= 11 is 0. The molecule has 1 aromatic heterocycles. The van der Waals surface area contributed by atoms with Crippen LogP contribution < -0.4 is 0 Å². The van der Waals surface area contributed by atoms with Gasteiger partial charge in [-0.2, -0.15) is 0 Å².